The Morgan fingerprint density at radius 3 is 2.74 bits per heavy atom. The number of nitrogens with zero attached hydrogens (tertiary/aromatic N) is 3. The molecule has 2 rings (SSSR count). The molecule has 2 heterocycles. The molecule has 0 bridgehead atoms. The fraction of sp³-hybridized carbons (Fsp3) is 0.571. The second-order valence-corrected chi connectivity index (χ2v) is 5.11. The van der Waals surface area contributed by atoms with E-state index >= 15 is 0 Å². The van der Waals surface area contributed by atoms with Crippen molar-refractivity contribution < 1.29 is 9.90 Å². The Bertz CT molecular complexity index is 424. The molecule has 0 spiro atoms. The quantitative estimate of drug-likeness (QED) is 0.862. The van der Waals surface area contributed by atoms with Crippen LogP contribution in [-0.4, -0.2) is 58.1 Å². The van der Waals surface area contributed by atoms with Crippen molar-refractivity contribution >= 4 is 5.91 Å². The van der Waals surface area contributed by atoms with E-state index in [0.717, 1.165) is 18.5 Å². The van der Waals surface area contributed by atoms with Gasteiger partial charge < -0.3 is 10.0 Å². The van der Waals surface area contributed by atoms with Crippen molar-refractivity contribution in [3.05, 3.63) is 30.1 Å². The summed E-state index contributed by atoms with van der Waals surface area (Å²) in [6, 6.07) is 3.65. The molecule has 0 aliphatic carbocycles. The molecule has 1 aliphatic heterocycles. The summed E-state index contributed by atoms with van der Waals surface area (Å²) in [4.78, 5) is 20.1. The number of likely N-dealkylation sites (N-methyl/N-ethyl adjacent to an activating group) is 1. The van der Waals surface area contributed by atoms with E-state index in [1.165, 1.54) is 0 Å². The van der Waals surface area contributed by atoms with E-state index in [4.69, 9.17) is 0 Å². The van der Waals surface area contributed by atoms with Gasteiger partial charge in [-0.25, -0.2) is 0 Å². The Morgan fingerprint density at radius 1 is 1.42 bits per heavy atom. The molecule has 0 aromatic carbocycles. The first-order valence-corrected chi connectivity index (χ1v) is 6.64. The van der Waals surface area contributed by atoms with Gasteiger partial charge in [0, 0.05) is 38.6 Å². The van der Waals surface area contributed by atoms with Gasteiger partial charge in [-0.2, -0.15) is 0 Å². The lowest BCUT2D eigenvalue weighted by Gasteiger charge is -2.28. The number of carbonyl (C=O) groups is 1. The molecule has 1 aromatic rings. The molecule has 0 saturated carbocycles. The Morgan fingerprint density at radius 2 is 2.11 bits per heavy atom. The zero-order valence-electron chi connectivity index (χ0n) is 11.5. The molecule has 1 amide bonds. The normalized spacial score (nSPS) is 25.4. The van der Waals surface area contributed by atoms with Gasteiger partial charge in [-0.15, -0.1) is 0 Å². The Labute approximate surface area is 113 Å². The Hall–Kier alpha value is -1.46. The number of rotatable bonds is 3. The van der Waals surface area contributed by atoms with Crippen molar-refractivity contribution in [3.63, 3.8) is 0 Å². The molecular weight excluding hydrogens is 242 g/mol. The molecule has 1 aromatic heterocycles. The van der Waals surface area contributed by atoms with Crippen LogP contribution < -0.4 is 0 Å². The summed E-state index contributed by atoms with van der Waals surface area (Å²) in [5.74, 6) is 0.00144. The van der Waals surface area contributed by atoms with Gasteiger partial charge in [-0.1, -0.05) is 0 Å². The van der Waals surface area contributed by atoms with Crippen LogP contribution in [0.1, 0.15) is 18.9 Å². The fourth-order valence-electron chi connectivity index (χ4n) is 2.42. The molecule has 5 heteroatoms. The number of hydrogen-bond donors (Lipinski definition) is 1. The molecule has 1 N–H and O–H groups in total. The lowest BCUT2D eigenvalue weighted by atomic mass is 10.2. The summed E-state index contributed by atoms with van der Waals surface area (Å²) < 4.78 is 0. The van der Waals surface area contributed by atoms with Crippen molar-refractivity contribution in [1.29, 1.82) is 0 Å². The van der Waals surface area contributed by atoms with Crippen LogP contribution in [0.4, 0.5) is 0 Å². The van der Waals surface area contributed by atoms with Crippen LogP contribution in [0.2, 0.25) is 0 Å². The zero-order valence-corrected chi connectivity index (χ0v) is 11.5. The molecule has 1 saturated heterocycles. The number of hydrogen-bond acceptors (Lipinski definition) is 4. The molecule has 19 heavy (non-hydrogen) atoms. The van der Waals surface area contributed by atoms with Gasteiger partial charge in [0.15, 0.2) is 0 Å². The van der Waals surface area contributed by atoms with E-state index in [1.807, 2.05) is 26.1 Å². The third kappa shape index (κ3) is 3.11. The predicted octanol–water partition coefficient (Wildman–Crippen LogP) is 0.495. The molecule has 2 atom stereocenters. The second-order valence-electron chi connectivity index (χ2n) is 5.11. The SMILES string of the molecule is CC1CCN(Cc2ccncc2)C(CO)C(=O)N1C. The smallest absolute Gasteiger partial charge is 0.242 e. The average molecular weight is 263 g/mol. The molecule has 0 radical (unpaired) electrons. The summed E-state index contributed by atoms with van der Waals surface area (Å²) in [6.45, 7) is 3.38. The van der Waals surface area contributed by atoms with Crippen LogP contribution >= 0.6 is 0 Å². The van der Waals surface area contributed by atoms with Gasteiger partial charge in [0.05, 0.1) is 6.61 Å². The molecular formula is C14H21N3O2. The van der Waals surface area contributed by atoms with Gasteiger partial charge in [0.25, 0.3) is 0 Å². The number of aliphatic hydroxyl groups is 1. The fourth-order valence-corrected chi connectivity index (χ4v) is 2.42. The first-order valence-electron chi connectivity index (χ1n) is 6.64. The van der Waals surface area contributed by atoms with E-state index in [1.54, 1.807) is 17.3 Å². The lowest BCUT2D eigenvalue weighted by molar-refractivity contribution is -0.137. The molecule has 2 unspecified atom stereocenters. The highest BCUT2D eigenvalue weighted by Crippen LogP contribution is 2.17. The summed E-state index contributed by atoms with van der Waals surface area (Å²) in [5, 5.41) is 9.54. The van der Waals surface area contributed by atoms with Crippen molar-refractivity contribution in [2.45, 2.75) is 32.0 Å². The first kappa shape index (κ1) is 14.0. The standard InChI is InChI=1S/C14H21N3O2/c1-11-5-8-17(9-12-3-6-15-7-4-12)13(10-18)14(19)16(11)2/h3-4,6-7,11,13,18H,5,8-10H2,1-2H3. The number of aliphatic hydroxyl groups excluding tert-OH is 1. The largest absolute Gasteiger partial charge is 0.394 e. The van der Waals surface area contributed by atoms with Crippen molar-refractivity contribution in [2.75, 3.05) is 20.2 Å². The van der Waals surface area contributed by atoms with Crippen LogP contribution in [-0.2, 0) is 11.3 Å². The maximum Gasteiger partial charge on any atom is 0.242 e. The third-order valence-electron chi connectivity index (χ3n) is 3.88. The lowest BCUT2D eigenvalue weighted by Crippen LogP contribution is -2.47. The van der Waals surface area contributed by atoms with Crippen LogP contribution in [0.5, 0.6) is 0 Å². The maximum atomic E-state index is 12.3. The van der Waals surface area contributed by atoms with Crippen molar-refractivity contribution in [2.24, 2.45) is 0 Å². The van der Waals surface area contributed by atoms with Gasteiger partial charge >= 0.3 is 0 Å². The number of amides is 1. The zero-order chi connectivity index (χ0) is 13.8. The van der Waals surface area contributed by atoms with Gasteiger partial charge in [0.1, 0.15) is 6.04 Å². The van der Waals surface area contributed by atoms with Gasteiger partial charge in [-0.05, 0) is 31.0 Å². The minimum Gasteiger partial charge on any atom is -0.394 e. The molecule has 1 fully saturated rings. The summed E-state index contributed by atoms with van der Waals surface area (Å²) in [7, 11) is 1.81. The highest BCUT2D eigenvalue weighted by Gasteiger charge is 2.33. The van der Waals surface area contributed by atoms with Crippen molar-refractivity contribution in [3.8, 4) is 0 Å². The van der Waals surface area contributed by atoms with Crippen molar-refractivity contribution in [1.82, 2.24) is 14.8 Å². The van der Waals surface area contributed by atoms with E-state index in [0.29, 0.717) is 6.54 Å². The monoisotopic (exact) mass is 263 g/mol. The van der Waals surface area contributed by atoms with Gasteiger partial charge in [0.2, 0.25) is 5.91 Å². The Balaban J connectivity index is 2.16. The van der Waals surface area contributed by atoms with E-state index in [-0.39, 0.29) is 18.6 Å². The number of pyridine rings is 1. The molecule has 104 valence electrons. The number of aromatic nitrogens is 1. The summed E-state index contributed by atoms with van der Waals surface area (Å²) in [6.07, 6.45) is 4.42. The van der Waals surface area contributed by atoms with E-state index in [9.17, 15) is 9.90 Å². The average Bonchev–Trinajstić information content (AvgIpc) is 2.53. The summed E-state index contributed by atoms with van der Waals surface area (Å²) in [5.41, 5.74) is 1.11. The first-order chi connectivity index (χ1) is 9.13. The highest BCUT2D eigenvalue weighted by molar-refractivity contribution is 5.82. The van der Waals surface area contributed by atoms with Crippen LogP contribution in [0.3, 0.4) is 0 Å². The minimum atomic E-state index is -0.442. The topological polar surface area (TPSA) is 56.7 Å². The predicted molar refractivity (Wildman–Crippen MR) is 72.4 cm³/mol. The van der Waals surface area contributed by atoms with E-state index in [2.05, 4.69) is 9.88 Å². The van der Waals surface area contributed by atoms with Gasteiger partial charge in [-0.3, -0.25) is 14.7 Å². The van der Waals surface area contributed by atoms with Crippen LogP contribution in [0, 0.1) is 0 Å². The maximum absolute atomic E-state index is 12.3. The minimum absolute atomic E-state index is 0.00144. The molecule has 1 aliphatic rings. The number of carbonyl (C=O) groups excluding carboxylic acids is 1. The van der Waals surface area contributed by atoms with Crippen LogP contribution in [0.15, 0.2) is 24.5 Å². The third-order valence-corrected chi connectivity index (χ3v) is 3.88. The summed E-state index contributed by atoms with van der Waals surface area (Å²) >= 11 is 0. The van der Waals surface area contributed by atoms with Crippen LogP contribution in [0.25, 0.3) is 0 Å². The molecule has 5 nitrogen and oxygen atoms in total. The second kappa shape index (κ2) is 6.12. The van der Waals surface area contributed by atoms with E-state index < -0.39 is 6.04 Å². The highest BCUT2D eigenvalue weighted by atomic mass is 16.3. The Kier molecular flexibility index (Phi) is 4.50.